The van der Waals surface area contributed by atoms with Crippen molar-refractivity contribution in [1.82, 2.24) is 0 Å². The van der Waals surface area contributed by atoms with Gasteiger partial charge in [0.1, 0.15) is 17.6 Å². The predicted molar refractivity (Wildman–Crippen MR) is 69.2 cm³/mol. The van der Waals surface area contributed by atoms with Gasteiger partial charge in [0.15, 0.2) is 0 Å². The Morgan fingerprint density at radius 3 is 2.68 bits per heavy atom. The first-order valence-electron chi connectivity index (χ1n) is 7.07. The number of aliphatic hydroxyl groups excluding tert-OH is 2. The maximum Gasteiger partial charge on any atom is 0.315 e. The van der Waals surface area contributed by atoms with Crippen LogP contribution in [0.5, 0.6) is 0 Å². The Balaban J connectivity index is 2.12. The van der Waals surface area contributed by atoms with E-state index in [9.17, 15) is 15.0 Å². The molecule has 4 heteroatoms. The first-order chi connectivity index (χ1) is 8.84. The van der Waals surface area contributed by atoms with Crippen molar-refractivity contribution < 1.29 is 19.7 Å². The second-order valence-electron chi connectivity index (χ2n) is 6.75. The molecule has 2 bridgehead atoms. The lowest BCUT2D eigenvalue weighted by atomic mass is 9.62. The molecule has 19 heavy (non-hydrogen) atoms. The van der Waals surface area contributed by atoms with Crippen LogP contribution >= 0.6 is 0 Å². The lowest BCUT2D eigenvalue weighted by molar-refractivity contribution is -0.160. The first-order valence-corrected chi connectivity index (χ1v) is 7.07. The zero-order valence-electron chi connectivity index (χ0n) is 11.6. The number of ether oxygens (including phenoxy) is 1. The minimum atomic E-state index is -0.915. The Kier molecular flexibility index (Phi) is 2.64. The number of aliphatic hydroxyl groups is 2. The third-order valence-electron chi connectivity index (χ3n) is 5.99. The van der Waals surface area contributed by atoms with Crippen molar-refractivity contribution in [3.8, 4) is 0 Å². The van der Waals surface area contributed by atoms with Gasteiger partial charge in [-0.1, -0.05) is 19.1 Å². The van der Waals surface area contributed by atoms with Gasteiger partial charge < -0.3 is 14.9 Å². The summed E-state index contributed by atoms with van der Waals surface area (Å²) in [5, 5.41) is 21.1. The van der Waals surface area contributed by atoms with E-state index >= 15 is 0 Å². The third kappa shape index (κ3) is 1.34. The smallest absolute Gasteiger partial charge is 0.315 e. The lowest BCUT2D eigenvalue weighted by Gasteiger charge is -2.40. The molecule has 1 heterocycles. The fourth-order valence-electron chi connectivity index (χ4n) is 4.62. The molecule has 6 unspecified atom stereocenters. The van der Waals surface area contributed by atoms with E-state index in [1.54, 1.807) is 0 Å². The molecule has 0 aromatic heterocycles. The van der Waals surface area contributed by atoms with Gasteiger partial charge in [-0.2, -0.15) is 0 Å². The Hall–Kier alpha value is -0.870. The molecule has 2 aliphatic carbocycles. The fraction of sp³-hybridized carbons (Fsp3) is 0.800. The van der Waals surface area contributed by atoms with Crippen LogP contribution in [0, 0.1) is 16.7 Å². The van der Waals surface area contributed by atoms with E-state index in [0.29, 0.717) is 12.8 Å². The molecule has 1 aliphatic heterocycles. The molecular weight excluding hydrogens is 244 g/mol. The molecule has 2 saturated carbocycles. The summed E-state index contributed by atoms with van der Waals surface area (Å²) < 4.78 is 5.51. The summed E-state index contributed by atoms with van der Waals surface area (Å²) in [7, 11) is 0. The molecule has 0 aromatic carbocycles. The molecule has 4 nitrogen and oxygen atoms in total. The number of carbonyl (C=O) groups is 1. The van der Waals surface area contributed by atoms with Crippen molar-refractivity contribution in [2.75, 3.05) is 0 Å². The molecule has 3 rings (SSSR count). The number of hydrogen-bond acceptors (Lipinski definition) is 4. The summed E-state index contributed by atoms with van der Waals surface area (Å²) in [4.78, 5) is 12.4. The number of esters is 1. The number of hydrogen-bond donors (Lipinski definition) is 2. The van der Waals surface area contributed by atoms with Gasteiger partial charge in [0.05, 0.1) is 6.10 Å². The molecule has 3 aliphatic rings. The monoisotopic (exact) mass is 266 g/mol. The second kappa shape index (κ2) is 3.83. The van der Waals surface area contributed by atoms with Crippen molar-refractivity contribution in [2.24, 2.45) is 16.7 Å². The second-order valence-corrected chi connectivity index (χ2v) is 6.75. The third-order valence-corrected chi connectivity index (χ3v) is 5.99. The van der Waals surface area contributed by atoms with Crippen molar-refractivity contribution in [3.63, 3.8) is 0 Å². The zero-order valence-corrected chi connectivity index (χ0v) is 11.6. The van der Waals surface area contributed by atoms with E-state index in [1.807, 2.05) is 13.8 Å². The molecule has 6 atom stereocenters. The Labute approximate surface area is 113 Å². The van der Waals surface area contributed by atoms with Crippen molar-refractivity contribution in [3.05, 3.63) is 12.2 Å². The number of carbonyl (C=O) groups excluding carboxylic acids is 1. The largest absolute Gasteiger partial charge is 0.458 e. The highest BCUT2D eigenvalue weighted by Gasteiger charge is 2.72. The van der Waals surface area contributed by atoms with Gasteiger partial charge in [-0.05, 0) is 32.6 Å². The van der Waals surface area contributed by atoms with Crippen LogP contribution in [-0.4, -0.2) is 34.5 Å². The van der Waals surface area contributed by atoms with E-state index in [2.05, 4.69) is 6.58 Å². The van der Waals surface area contributed by atoms with Gasteiger partial charge in [-0.15, -0.1) is 0 Å². The SMILES string of the molecule is C=C(C)C1CCC2(C)C(O)CCC23C(=O)OC1C3O. The van der Waals surface area contributed by atoms with Crippen LogP contribution in [-0.2, 0) is 9.53 Å². The maximum absolute atomic E-state index is 12.4. The Bertz CT molecular complexity index is 445. The van der Waals surface area contributed by atoms with E-state index < -0.39 is 29.1 Å². The molecule has 0 amide bonds. The van der Waals surface area contributed by atoms with Crippen molar-refractivity contribution in [2.45, 2.75) is 57.8 Å². The van der Waals surface area contributed by atoms with Crippen LogP contribution in [0.3, 0.4) is 0 Å². The van der Waals surface area contributed by atoms with E-state index in [1.165, 1.54) is 0 Å². The van der Waals surface area contributed by atoms with Gasteiger partial charge in [-0.3, -0.25) is 4.79 Å². The molecular formula is C15H22O4. The average molecular weight is 266 g/mol. The maximum atomic E-state index is 12.4. The van der Waals surface area contributed by atoms with Crippen LogP contribution in [0.4, 0.5) is 0 Å². The number of rotatable bonds is 1. The molecule has 0 aromatic rings. The molecule has 0 radical (unpaired) electrons. The summed E-state index contributed by atoms with van der Waals surface area (Å²) in [6, 6.07) is 0. The van der Waals surface area contributed by atoms with E-state index in [0.717, 1.165) is 18.4 Å². The molecule has 1 spiro atoms. The lowest BCUT2D eigenvalue weighted by Crippen LogP contribution is -2.50. The van der Waals surface area contributed by atoms with Gasteiger partial charge in [0.25, 0.3) is 0 Å². The highest BCUT2D eigenvalue weighted by Crippen LogP contribution is 2.64. The highest BCUT2D eigenvalue weighted by atomic mass is 16.6. The van der Waals surface area contributed by atoms with Crippen molar-refractivity contribution >= 4 is 5.97 Å². The zero-order chi connectivity index (χ0) is 14.0. The summed E-state index contributed by atoms with van der Waals surface area (Å²) in [5.74, 6) is -0.331. The molecule has 2 N–H and O–H groups in total. The normalized spacial score (nSPS) is 52.5. The molecule has 106 valence electrons. The van der Waals surface area contributed by atoms with Crippen LogP contribution in [0.1, 0.15) is 39.5 Å². The summed E-state index contributed by atoms with van der Waals surface area (Å²) in [6.45, 7) is 7.81. The highest BCUT2D eigenvalue weighted by molar-refractivity contribution is 5.82. The predicted octanol–water partition coefficient (Wildman–Crippen LogP) is 1.41. The van der Waals surface area contributed by atoms with Gasteiger partial charge in [0.2, 0.25) is 0 Å². The Morgan fingerprint density at radius 1 is 1.37 bits per heavy atom. The van der Waals surface area contributed by atoms with Crippen LogP contribution < -0.4 is 0 Å². The standard InChI is InChI=1S/C15H22O4/c1-8(2)9-4-6-14(3)10(16)5-7-15(14)12(17)11(9)19-13(15)18/h9-12,16-17H,1,4-7H2,2-3H3. The Morgan fingerprint density at radius 2 is 2.05 bits per heavy atom. The molecule has 3 fully saturated rings. The molecule has 1 saturated heterocycles. The minimum absolute atomic E-state index is 0.00653. The number of fused-ring (bicyclic) bond motifs is 1. The summed E-state index contributed by atoms with van der Waals surface area (Å²) in [6.07, 6.45) is 0.756. The first kappa shape index (κ1) is 13.1. The topological polar surface area (TPSA) is 66.8 Å². The minimum Gasteiger partial charge on any atom is -0.458 e. The van der Waals surface area contributed by atoms with Crippen LogP contribution in [0.2, 0.25) is 0 Å². The van der Waals surface area contributed by atoms with Gasteiger partial charge >= 0.3 is 5.97 Å². The van der Waals surface area contributed by atoms with Crippen LogP contribution in [0.25, 0.3) is 0 Å². The summed E-state index contributed by atoms with van der Waals surface area (Å²) in [5.41, 5.74) is -0.559. The van der Waals surface area contributed by atoms with Gasteiger partial charge in [-0.25, -0.2) is 0 Å². The average Bonchev–Trinajstić information content (AvgIpc) is 2.69. The van der Waals surface area contributed by atoms with E-state index in [-0.39, 0.29) is 11.9 Å². The quantitative estimate of drug-likeness (QED) is 0.556. The summed E-state index contributed by atoms with van der Waals surface area (Å²) >= 11 is 0. The van der Waals surface area contributed by atoms with Crippen LogP contribution in [0.15, 0.2) is 12.2 Å². The van der Waals surface area contributed by atoms with E-state index in [4.69, 9.17) is 4.74 Å². The fourth-order valence-corrected chi connectivity index (χ4v) is 4.62. The van der Waals surface area contributed by atoms with Gasteiger partial charge in [0, 0.05) is 11.3 Å². The van der Waals surface area contributed by atoms with Crippen molar-refractivity contribution in [1.29, 1.82) is 0 Å².